The van der Waals surface area contributed by atoms with Crippen molar-refractivity contribution in [3.8, 4) is 22.8 Å². The van der Waals surface area contributed by atoms with E-state index < -0.39 is 17.6 Å². The van der Waals surface area contributed by atoms with Crippen LogP contribution >= 0.6 is 0 Å². The molecule has 10 heteroatoms. The van der Waals surface area contributed by atoms with Crippen molar-refractivity contribution < 1.29 is 27.0 Å². The molecule has 2 aromatic heterocycles. The molecule has 3 rings (SSSR count). The van der Waals surface area contributed by atoms with Gasteiger partial charge in [0.25, 0.3) is 0 Å². The zero-order valence-electron chi connectivity index (χ0n) is 14.7. The lowest BCUT2D eigenvalue weighted by Crippen LogP contribution is -2.06. The van der Waals surface area contributed by atoms with Crippen LogP contribution in [-0.2, 0) is 6.18 Å². The van der Waals surface area contributed by atoms with Gasteiger partial charge < -0.3 is 14.8 Å². The first kappa shape index (κ1) is 19.3. The Bertz CT molecular complexity index is 978. The summed E-state index contributed by atoms with van der Waals surface area (Å²) < 4.78 is 62.4. The SMILES string of the molecule is COc1ccc(-c2nc(Nc3ccc(C(F)(F)F)cn3)ncc2F)cc1OC. The maximum Gasteiger partial charge on any atom is 0.417 e. The molecule has 146 valence electrons. The number of hydrogen-bond donors (Lipinski definition) is 1. The Morgan fingerprint density at radius 3 is 2.29 bits per heavy atom. The number of ether oxygens (including phenoxy) is 2. The van der Waals surface area contributed by atoms with Crippen molar-refractivity contribution in [3.05, 3.63) is 54.1 Å². The fourth-order valence-electron chi connectivity index (χ4n) is 2.36. The summed E-state index contributed by atoms with van der Waals surface area (Å²) in [6.45, 7) is 0. The average molecular weight is 394 g/mol. The molecule has 1 N–H and O–H groups in total. The number of nitrogens with one attached hydrogen (secondary N) is 1. The minimum atomic E-state index is -4.49. The van der Waals surface area contributed by atoms with Gasteiger partial charge in [-0.25, -0.2) is 19.3 Å². The van der Waals surface area contributed by atoms with Gasteiger partial charge in [-0.15, -0.1) is 0 Å². The molecule has 0 saturated heterocycles. The standard InChI is InChI=1S/C18H14F4N4O2/c1-27-13-5-3-10(7-14(13)28-2)16-12(19)9-24-17(26-16)25-15-6-4-11(8-23-15)18(20,21)22/h3-9H,1-2H3,(H,23,24,25,26). The molecular formula is C18H14F4N4O2. The van der Waals surface area contributed by atoms with Gasteiger partial charge in [0.1, 0.15) is 11.5 Å². The first-order valence-corrected chi connectivity index (χ1v) is 7.87. The van der Waals surface area contributed by atoms with Crippen LogP contribution in [0, 0.1) is 5.82 Å². The van der Waals surface area contributed by atoms with Gasteiger partial charge in [-0.3, -0.25) is 0 Å². The highest BCUT2D eigenvalue weighted by molar-refractivity contribution is 5.65. The van der Waals surface area contributed by atoms with Crippen molar-refractivity contribution in [1.29, 1.82) is 0 Å². The molecule has 0 fully saturated rings. The second kappa shape index (κ2) is 7.67. The number of rotatable bonds is 5. The number of anilines is 2. The average Bonchev–Trinajstić information content (AvgIpc) is 2.68. The van der Waals surface area contributed by atoms with Crippen molar-refractivity contribution in [3.63, 3.8) is 0 Å². The number of methoxy groups -OCH3 is 2. The molecule has 6 nitrogen and oxygen atoms in total. The van der Waals surface area contributed by atoms with Crippen LogP contribution < -0.4 is 14.8 Å². The number of benzene rings is 1. The molecular weight excluding hydrogens is 380 g/mol. The summed E-state index contributed by atoms with van der Waals surface area (Å²) in [7, 11) is 2.92. The van der Waals surface area contributed by atoms with Crippen LogP contribution in [0.1, 0.15) is 5.56 Å². The lowest BCUT2D eigenvalue weighted by Gasteiger charge is -2.11. The summed E-state index contributed by atoms with van der Waals surface area (Å²) in [5, 5.41) is 2.65. The van der Waals surface area contributed by atoms with Crippen LogP contribution in [0.2, 0.25) is 0 Å². The second-order valence-electron chi connectivity index (χ2n) is 5.51. The van der Waals surface area contributed by atoms with Gasteiger partial charge >= 0.3 is 6.18 Å². The van der Waals surface area contributed by atoms with E-state index >= 15 is 0 Å². The lowest BCUT2D eigenvalue weighted by atomic mass is 10.1. The van der Waals surface area contributed by atoms with Crippen LogP contribution in [0.5, 0.6) is 11.5 Å². The zero-order valence-corrected chi connectivity index (χ0v) is 14.7. The van der Waals surface area contributed by atoms with Gasteiger partial charge in [-0.1, -0.05) is 0 Å². The predicted molar refractivity (Wildman–Crippen MR) is 93.1 cm³/mol. The summed E-state index contributed by atoms with van der Waals surface area (Å²) in [4.78, 5) is 11.5. The zero-order chi connectivity index (χ0) is 20.3. The summed E-state index contributed by atoms with van der Waals surface area (Å²) in [6, 6.07) is 6.73. The van der Waals surface area contributed by atoms with Crippen molar-refractivity contribution in [2.24, 2.45) is 0 Å². The van der Waals surface area contributed by atoms with E-state index in [-0.39, 0.29) is 17.5 Å². The molecule has 0 aliphatic rings. The Hall–Kier alpha value is -3.43. The van der Waals surface area contributed by atoms with Gasteiger partial charge in [-0.05, 0) is 30.3 Å². The van der Waals surface area contributed by atoms with Crippen LogP contribution in [0.25, 0.3) is 11.3 Å². The highest BCUT2D eigenvalue weighted by atomic mass is 19.4. The monoisotopic (exact) mass is 394 g/mol. The molecule has 1 aromatic carbocycles. The molecule has 28 heavy (non-hydrogen) atoms. The molecule has 0 aliphatic heterocycles. The summed E-state index contributed by atoms with van der Waals surface area (Å²) in [6.07, 6.45) is -2.86. The van der Waals surface area contributed by atoms with Gasteiger partial charge in [0, 0.05) is 11.8 Å². The summed E-state index contributed by atoms with van der Waals surface area (Å²) in [5.74, 6) is 0.222. The highest BCUT2D eigenvalue weighted by Crippen LogP contribution is 2.33. The van der Waals surface area contributed by atoms with Crippen LogP contribution in [0.15, 0.2) is 42.7 Å². The van der Waals surface area contributed by atoms with Crippen molar-refractivity contribution in [1.82, 2.24) is 15.0 Å². The van der Waals surface area contributed by atoms with E-state index in [1.165, 1.54) is 14.2 Å². The third-order valence-corrected chi connectivity index (χ3v) is 3.73. The molecule has 0 saturated carbocycles. The highest BCUT2D eigenvalue weighted by Gasteiger charge is 2.30. The summed E-state index contributed by atoms with van der Waals surface area (Å²) >= 11 is 0. The molecule has 2 heterocycles. The van der Waals surface area contributed by atoms with E-state index in [0.717, 1.165) is 18.3 Å². The van der Waals surface area contributed by atoms with E-state index in [1.807, 2.05) is 0 Å². The largest absolute Gasteiger partial charge is 0.493 e. The van der Waals surface area contributed by atoms with E-state index in [1.54, 1.807) is 18.2 Å². The van der Waals surface area contributed by atoms with Gasteiger partial charge in [0.15, 0.2) is 17.3 Å². The van der Waals surface area contributed by atoms with Crippen LogP contribution in [-0.4, -0.2) is 29.2 Å². The third kappa shape index (κ3) is 4.11. The molecule has 3 aromatic rings. The minimum absolute atomic E-state index is 0.0228. The third-order valence-electron chi connectivity index (χ3n) is 3.73. The molecule has 0 unspecified atom stereocenters. The quantitative estimate of drug-likeness (QED) is 0.645. The van der Waals surface area contributed by atoms with Crippen molar-refractivity contribution in [2.75, 3.05) is 19.5 Å². The fraction of sp³-hybridized carbons (Fsp3) is 0.167. The molecule has 0 radical (unpaired) electrons. The maximum absolute atomic E-state index is 14.2. The van der Waals surface area contributed by atoms with E-state index in [2.05, 4.69) is 20.3 Å². The van der Waals surface area contributed by atoms with Gasteiger partial charge in [0.2, 0.25) is 5.95 Å². The molecule has 0 spiro atoms. The Morgan fingerprint density at radius 1 is 0.929 bits per heavy atom. The number of aromatic nitrogens is 3. The normalized spacial score (nSPS) is 11.2. The minimum Gasteiger partial charge on any atom is -0.493 e. The molecule has 0 aliphatic carbocycles. The number of halogens is 4. The van der Waals surface area contributed by atoms with Crippen LogP contribution in [0.4, 0.5) is 29.3 Å². The lowest BCUT2D eigenvalue weighted by molar-refractivity contribution is -0.137. The molecule has 0 bridgehead atoms. The molecule has 0 atom stereocenters. The number of pyridine rings is 1. The van der Waals surface area contributed by atoms with Crippen LogP contribution in [0.3, 0.4) is 0 Å². The van der Waals surface area contributed by atoms with Crippen molar-refractivity contribution in [2.45, 2.75) is 6.18 Å². The first-order valence-electron chi connectivity index (χ1n) is 7.87. The van der Waals surface area contributed by atoms with Gasteiger partial charge in [0.05, 0.1) is 26.0 Å². The van der Waals surface area contributed by atoms with E-state index in [9.17, 15) is 17.6 Å². The van der Waals surface area contributed by atoms with E-state index in [0.29, 0.717) is 23.3 Å². The maximum atomic E-state index is 14.2. The number of nitrogens with zero attached hydrogens (tertiary/aromatic N) is 3. The topological polar surface area (TPSA) is 69.2 Å². The molecule has 0 amide bonds. The number of alkyl halides is 3. The Labute approximate surface area is 157 Å². The smallest absolute Gasteiger partial charge is 0.417 e. The first-order chi connectivity index (χ1) is 13.3. The second-order valence-corrected chi connectivity index (χ2v) is 5.51. The Morgan fingerprint density at radius 2 is 1.68 bits per heavy atom. The summed E-state index contributed by atoms with van der Waals surface area (Å²) in [5.41, 5.74) is -0.504. The Kier molecular flexibility index (Phi) is 5.30. The van der Waals surface area contributed by atoms with Crippen molar-refractivity contribution >= 4 is 11.8 Å². The van der Waals surface area contributed by atoms with Gasteiger partial charge in [-0.2, -0.15) is 13.2 Å². The predicted octanol–water partition coefficient (Wildman–Crippen LogP) is 4.46. The Balaban J connectivity index is 1.90. The fourth-order valence-corrected chi connectivity index (χ4v) is 2.36. The van der Waals surface area contributed by atoms with E-state index in [4.69, 9.17) is 9.47 Å². The number of hydrogen-bond acceptors (Lipinski definition) is 6.